The van der Waals surface area contributed by atoms with Gasteiger partial charge in [-0.15, -0.1) is 0 Å². The molecule has 11 nitrogen and oxygen atoms in total. The topological polar surface area (TPSA) is 140 Å². The SMILES string of the molecule is CCOCCNC(=O)c1ccc(N(C)S(=O)(=O)c2ccc(-c3nn(C4CCC(O)CC4)c4ncncc34)cc2)cc1. The average Bonchev–Trinajstić information content (AvgIpc) is 3.39. The van der Waals surface area contributed by atoms with Crippen molar-refractivity contribution in [3.05, 3.63) is 66.6 Å². The maximum atomic E-state index is 13.4. The number of hydrogen-bond donors (Lipinski definition) is 2. The lowest BCUT2D eigenvalue weighted by molar-refractivity contribution is 0.0922. The van der Waals surface area contributed by atoms with Crippen molar-refractivity contribution in [2.45, 2.75) is 49.6 Å². The Labute approximate surface area is 239 Å². The van der Waals surface area contributed by atoms with Crippen LogP contribution < -0.4 is 9.62 Å². The van der Waals surface area contributed by atoms with Crippen LogP contribution in [-0.2, 0) is 14.8 Å². The van der Waals surface area contributed by atoms with E-state index in [1.165, 1.54) is 17.7 Å². The predicted octanol–water partition coefficient (Wildman–Crippen LogP) is 3.56. The molecule has 2 aromatic heterocycles. The van der Waals surface area contributed by atoms with E-state index in [4.69, 9.17) is 9.84 Å². The third-order valence-corrected chi connectivity index (χ3v) is 9.20. The van der Waals surface area contributed by atoms with Crippen LogP contribution in [0.25, 0.3) is 22.3 Å². The van der Waals surface area contributed by atoms with Crippen molar-refractivity contribution in [2.24, 2.45) is 0 Å². The molecule has 4 aromatic rings. The van der Waals surface area contributed by atoms with Crippen molar-refractivity contribution in [3.8, 4) is 11.3 Å². The second-order valence-electron chi connectivity index (χ2n) is 10.0. The standard InChI is InChI=1S/C29H34N6O5S/c1-3-40-17-16-31-29(37)21-4-8-22(9-5-21)34(2)41(38,39)25-14-6-20(7-15-25)27-26-18-30-19-32-28(26)35(33-27)23-10-12-24(36)13-11-23/h4-9,14-15,18-19,23-24,36H,3,10-13,16-17H2,1-2H3,(H,31,37). The van der Waals surface area contributed by atoms with Gasteiger partial charge in [-0.1, -0.05) is 12.1 Å². The second kappa shape index (κ2) is 12.3. The van der Waals surface area contributed by atoms with Crippen LogP contribution in [0.2, 0.25) is 0 Å². The highest BCUT2D eigenvalue weighted by Crippen LogP contribution is 2.34. The molecule has 0 atom stereocenters. The van der Waals surface area contributed by atoms with Crippen LogP contribution in [0.5, 0.6) is 0 Å². The molecule has 2 N–H and O–H groups in total. The Kier molecular flexibility index (Phi) is 8.62. The van der Waals surface area contributed by atoms with Gasteiger partial charge in [0.15, 0.2) is 5.65 Å². The maximum absolute atomic E-state index is 13.4. The molecular formula is C29H34N6O5S. The van der Waals surface area contributed by atoms with E-state index in [9.17, 15) is 18.3 Å². The van der Waals surface area contributed by atoms with E-state index in [-0.39, 0.29) is 22.9 Å². The van der Waals surface area contributed by atoms with E-state index in [0.29, 0.717) is 36.7 Å². The predicted molar refractivity (Wildman–Crippen MR) is 155 cm³/mol. The quantitative estimate of drug-likeness (QED) is 0.272. The van der Waals surface area contributed by atoms with E-state index < -0.39 is 10.0 Å². The molecule has 1 amide bonds. The molecule has 0 spiro atoms. The summed E-state index contributed by atoms with van der Waals surface area (Å²) in [6.45, 7) is 3.29. The van der Waals surface area contributed by atoms with E-state index in [0.717, 1.165) is 42.3 Å². The van der Waals surface area contributed by atoms with Crippen molar-refractivity contribution < 1.29 is 23.1 Å². The first-order valence-electron chi connectivity index (χ1n) is 13.7. The highest BCUT2D eigenvalue weighted by Gasteiger charge is 2.26. The minimum atomic E-state index is -3.86. The first-order valence-corrected chi connectivity index (χ1v) is 15.1. The molecule has 1 aliphatic rings. The number of amides is 1. The minimum absolute atomic E-state index is 0.128. The Hall–Kier alpha value is -3.87. The largest absolute Gasteiger partial charge is 0.393 e. The summed E-state index contributed by atoms with van der Waals surface area (Å²) in [6.07, 6.45) is 6.00. The molecular weight excluding hydrogens is 544 g/mol. The molecule has 2 aromatic carbocycles. The van der Waals surface area contributed by atoms with E-state index >= 15 is 0 Å². The fraction of sp³-hybridized carbons (Fsp3) is 0.379. The Morgan fingerprint density at radius 1 is 1.10 bits per heavy atom. The normalized spacial score (nSPS) is 17.4. The molecule has 0 saturated heterocycles. The zero-order valence-corrected chi connectivity index (χ0v) is 23.9. The van der Waals surface area contributed by atoms with Gasteiger partial charge in [-0.2, -0.15) is 5.10 Å². The number of aromatic nitrogens is 4. The molecule has 1 saturated carbocycles. The van der Waals surface area contributed by atoms with Crippen LogP contribution in [0.3, 0.4) is 0 Å². The van der Waals surface area contributed by atoms with Crippen molar-refractivity contribution in [1.82, 2.24) is 25.1 Å². The number of hydrogen-bond acceptors (Lipinski definition) is 8. The third kappa shape index (κ3) is 6.09. The number of aliphatic hydroxyl groups excluding tert-OH is 1. The molecule has 0 radical (unpaired) electrons. The highest BCUT2D eigenvalue weighted by molar-refractivity contribution is 7.92. The minimum Gasteiger partial charge on any atom is -0.393 e. The number of anilines is 1. The number of sulfonamides is 1. The molecule has 0 unspecified atom stereocenters. The van der Waals surface area contributed by atoms with Crippen molar-refractivity contribution in [1.29, 1.82) is 0 Å². The van der Waals surface area contributed by atoms with Crippen LogP contribution in [0.4, 0.5) is 5.69 Å². The molecule has 1 aliphatic carbocycles. The van der Waals surface area contributed by atoms with E-state index in [1.54, 1.807) is 54.7 Å². The lowest BCUT2D eigenvalue weighted by atomic mass is 9.93. The molecule has 1 fully saturated rings. The lowest BCUT2D eigenvalue weighted by Crippen LogP contribution is -2.28. The monoisotopic (exact) mass is 578 g/mol. The molecule has 5 rings (SSSR count). The number of ether oxygens (including phenoxy) is 1. The zero-order chi connectivity index (χ0) is 29.0. The van der Waals surface area contributed by atoms with Crippen LogP contribution in [0, 0.1) is 0 Å². The third-order valence-electron chi connectivity index (χ3n) is 7.40. The van der Waals surface area contributed by atoms with Crippen LogP contribution in [0.1, 0.15) is 49.0 Å². The first-order chi connectivity index (χ1) is 19.8. The number of carbonyl (C=O) groups excluding carboxylic acids is 1. The molecule has 2 heterocycles. The van der Waals surface area contributed by atoms with Crippen LogP contribution >= 0.6 is 0 Å². The number of benzene rings is 2. The highest BCUT2D eigenvalue weighted by atomic mass is 32.2. The second-order valence-corrected chi connectivity index (χ2v) is 12.0. The summed E-state index contributed by atoms with van der Waals surface area (Å²) in [5, 5.41) is 18.3. The summed E-state index contributed by atoms with van der Waals surface area (Å²) in [5.41, 5.74) is 3.01. The van der Waals surface area contributed by atoms with Gasteiger partial charge in [0, 0.05) is 37.5 Å². The number of aliphatic hydroxyl groups is 1. The molecule has 216 valence electrons. The van der Waals surface area contributed by atoms with Gasteiger partial charge in [0.05, 0.1) is 34.7 Å². The summed E-state index contributed by atoms with van der Waals surface area (Å²) < 4.78 is 35.2. The van der Waals surface area contributed by atoms with Gasteiger partial charge in [0.25, 0.3) is 15.9 Å². The molecule has 0 aliphatic heterocycles. The van der Waals surface area contributed by atoms with Gasteiger partial charge in [-0.25, -0.2) is 23.1 Å². The van der Waals surface area contributed by atoms with Crippen molar-refractivity contribution in [3.63, 3.8) is 0 Å². The fourth-order valence-corrected chi connectivity index (χ4v) is 6.24. The number of nitrogens with zero attached hydrogens (tertiary/aromatic N) is 5. The smallest absolute Gasteiger partial charge is 0.264 e. The summed E-state index contributed by atoms with van der Waals surface area (Å²) >= 11 is 0. The van der Waals surface area contributed by atoms with E-state index in [2.05, 4.69) is 15.3 Å². The average molecular weight is 579 g/mol. The lowest BCUT2D eigenvalue weighted by Gasteiger charge is -2.25. The van der Waals surface area contributed by atoms with Crippen molar-refractivity contribution >= 4 is 32.7 Å². The van der Waals surface area contributed by atoms with Gasteiger partial charge in [-0.05, 0) is 69.0 Å². The molecule has 12 heteroatoms. The molecule has 0 bridgehead atoms. The first kappa shape index (κ1) is 28.7. The van der Waals surface area contributed by atoms with Crippen LogP contribution in [0.15, 0.2) is 66.0 Å². The van der Waals surface area contributed by atoms with Gasteiger partial charge < -0.3 is 15.2 Å². The number of nitrogens with one attached hydrogen (secondary N) is 1. The Morgan fingerprint density at radius 2 is 1.80 bits per heavy atom. The summed E-state index contributed by atoms with van der Waals surface area (Å²) in [5.74, 6) is -0.251. The van der Waals surface area contributed by atoms with Gasteiger partial charge in [0.2, 0.25) is 0 Å². The van der Waals surface area contributed by atoms with Gasteiger partial charge >= 0.3 is 0 Å². The maximum Gasteiger partial charge on any atom is 0.264 e. The fourth-order valence-electron chi connectivity index (χ4n) is 5.04. The number of rotatable bonds is 10. The number of fused-ring (bicyclic) bond motifs is 1. The summed E-state index contributed by atoms with van der Waals surface area (Å²) in [7, 11) is -2.38. The molecule has 41 heavy (non-hydrogen) atoms. The Balaban J connectivity index is 1.34. The Morgan fingerprint density at radius 3 is 2.49 bits per heavy atom. The summed E-state index contributed by atoms with van der Waals surface area (Å²) in [6, 6.07) is 13.1. The summed E-state index contributed by atoms with van der Waals surface area (Å²) in [4.78, 5) is 21.1. The van der Waals surface area contributed by atoms with Crippen LogP contribution in [-0.4, -0.2) is 72.1 Å². The van der Waals surface area contributed by atoms with Gasteiger partial charge in [-0.3, -0.25) is 9.10 Å². The van der Waals surface area contributed by atoms with Crippen molar-refractivity contribution in [2.75, 3.05) is 31.1 Å². The zero-order valence-electron chi connectivity index (χ0n) is 23.1. The number of carbonyl (C=O) groups is 1. The van der Waals surface area contributed by atoms with Gasteiger partial charge in [0.1, 0.15) is 12.0 Å². The van der Waals surface area contributed by atoms with E-state index in [1.807, 2.05) is 11.6 Å². The Bertz CT molecular complexity index is 1600.